The van der Waals surface area contributed by atoms with Gasteiger partial charge in [-0.05, 0) is 66.5 Å². The van der Waals surface area contributed by atoms with Gasteiger partial charge in [0.2, 0.25) is 0 Å². The van der Waals surface area contributed by atoms with Crippen molar-refractivity contribution in [1.29, 1.82) is 0 Å². The van der Waals surface area contributed by atoms with Crippen LogP contribution in [-0.2, 0) is 0 Å². The molecule has 1 N–H and O–H groups in total. The molecule has 0 atom stereocenters. The number of hydrogen-bond donors (Lipinski definition) is 1. The summed E-state index contributed by atoms with van der Waals surface area (Å²) in [5.41, 5.74) is 5.01. The largest absolute Gasteiger partial charge is 0.317 e. The number of halogens is 1. The third-order valence-electron chi connectivity index (χ3n) is 6.40. The number of nitrogens with one attached hydrogen (secondary N) is 1. The topological polar surface area (TPSA) is 42.7 Å². The molecule has 2 aromatic heterocycles. The number of piperidine rings is 1. The van der Waals surface area contributed by atoms with Crippen molar-refractivity contribution in [3.05, 3.63) is 84.0 Å². The van der Waals surface area contributed by atoms with Crippen molar-refractivity contribution in [2.45, 2.75) is 18.9 Å². The normalized spacial score (nSPS) is 14.9. The zero-order valence-electron chi connectivity index (χ0n) is 17.6. The van der Waals surface area contributed by atoms with Crippen LogP contribution in [0.25, 0.3) is 44.5 Å². The van der Waals surface area contributed by atoms with Crippen molar-refractivity contribution in [1.82, 2.24) is 19.9 Å². The first-order valence-electron chi connectivity index (χ1n) is 11.1. The van der Waals surface area contributed by atoms with Gasteiger partial charge in [0, 0.05) is 23.4 Å². The molecule has 0 bridgehead atoms. The quantitative estimate of drug-likeness (QED) is 0.349. The Kier molecular flexibility index (Phi) is 4.90. The maximum atomic E-state index is 6.59. The summed E-state index contributed by atoms with van der Waals surface area (Å²) in [5.74, 6) is 0.903. The highest BCUT2D eigenvalue weighted by molar-refractivity contribution is 6.33. The minimum atomic E-state index is 0.353. The second-order valence-corrected chi connectivity index (χ2v) is 8.80. The van der Waals surface area contributed by atoms with Gasteiger partial charge in [-0.2, -0.15) is 0 Å². The molecular weight excluding hydrogens is 416 g/mol. The van der Waals surface area contributed by atoms with E-state index in [0.29, 0.717) is 11.1 Å². The smallest absolute Gasteiger partial charge is 0.160 e. The molecular formula is C27H23ClN4. The van der Waals surface area contributed by atoms with Crippen LogP contribution in [0.2, 0.25) is 5.02 Å². The SMILES string of the molecule is Clc1ccccc1-c1nc2cc(-c3ccc4ccccc4c3)cnc2n1C1CCNCC1. The van der Waals surface area contributed by atoms with E-state index in [0.717, 1.165) is 59.6 Å². The van der Waals surface area contributed by atoms with Crippen LogP contribution in [-0.4, -0.2) is 27.6 Å². The zero-order valence-corrected chi connectivity index (χ0v) is 18.4. The van der Waals surface area contributed by atoms with E-state index >= 15 is 0 Å². The van der Waals surface area contributed by atoms with E-state index in [2.05, 4.69) is 58.4 Å². The minimum absolute atomic E-state index is 0.353. The van der Waals surface area contributed by atoms with E-state index in [4.69, 9.17) is 21.6 Å². The van der Waals surface area contributed by atoms with Crippen LogP contribution in [0, 0.1) is 0 Å². The summed E-state index contributed by atoms with van der Waals surface area (Å²) in [6.45, 7) is 2.00. The lowest BCUT2D eigenvalue weighted by Crippen LogP contribution is -2.29. The van der Waals surface area contributed by atoms with Crippen molar-refractivity contribution in [3.8, 4) is 22.5 Å². The number of fused-ring (bicyclic) bond motifs is 2. The Morgan fingerprint density at radius 1 is 0.844 bits per heavy atom. The minimum Gasteiger partial charge on any atom is -0.317 e. The Balaban J connectivity index is 1.53. The number of aromatic nitrogens is 3. The van der Waals surface area contributed by atoms with E-state index in [1.807, 2.05) is 30.5 Å². The lowest BCUT2D eigenvalue weighted by molar-refractivity contribution is 0.376. The monoisotopic (exact) mass is 438 g/mol. The fourth-order valence-corrected chi connectivity index (χ4v) is 4.97. The van der Waals surface area contributed by atoms with Gasteiger partial charge in [-0.25, -0.2) is 9.97 Å². The average Bonchev–Trinajstić information content (AvgIpc) is 3.23. The molecule has 0 radical (unpaired) electrons. The standard InChI is InChI=1S/C27H23ClN4/c28-24-8-4-3-7-23(24)26-31-25-16-21(20-10-9-18-5-1-2-6-19(18)15-20)17-30-27(25)32(26)22-11-13-29-14-12-22/h1-10,15-17,22,29H,11-14H2. The van der Waals surface area contributed by atoms with Gasteiger partial charge in [-0.15, -0.1) is 0 Å². The van der Waals surface area contributed by atoms with Gasteiger partial charge in [-0.3, -0.25) is 0 Å². The number of hydrogen-bond acceptors (Lipinski definition) is 3. The molecule has 0 unspecified atom stereocenters. The first kappa shape index (κ1) is 19.5. The van der Waals surface area contributed by atoms with Gasteiger partial charge < -0.3 is 9.88 Å². The molecule has 3 aromatic carbocycles. The first-order chi connectivity index (χ1) is 15.8. The number of nitrogens with zero attached hydrogens (tertiary/aromatic N) is 3. The molecule has 1 saturated heterocycles. The van der Waals surface area contributed by atoms with E-state index < -0.39 is 0 Å². The number of pyridine rings is 1. The molecule has 5 heteroatoms. The van der Waals surface area contributed by atoms with Gasteiger partial charge in [-0.1, -0.05) is 60.1 Å². The summed E-state index contributed by atoms with van der Waals surface area (Å²) in [6.07, 6.45) is 4.08. The first-order valence-corrected chi connectivity index (χ1v) is 11.5. The second-order valence-electron chi connectivity index (χ2n) is 8.40. The van der Waals surface area contributed by atoms with Gasteiger partial charge in [0.15, 0.2) is 5.65 Å². The van der Waals surface area contributed by atoms with Gasteiger partial charge >= 0.3 is 0 Å². The predicted molar refractivity (Wildman–Crippen MR) is 132 cm³/mol. The third-order valence-corrected chi connectivity index (χ3v) is 6.73. The van der Waals surface area contributed by atoms with Crippen LogP contribution in [0.4, 0.5) is 0 Å². The Morgan fingerprint density at radius 2 is 1.62 bits per heavy atom. The van der Waals surface area contributed by atoms with Gasteiger partial charge in [0.05, 0.1) is 5.02 Å². The van der Waals surface area contributed by atoms with E-state index in [1.54, 1.807) is 0 Å². The highest BCUT2D eigenvalue weighted by atomic mass is 35.5. The molecule has 158 valence electrons. The van der Waals surface area contributed by atoms with Gasteiger partial charge in [0.25, 0.3) is 0 Å². The maximum absolute atomic E-state index is 6.59. The fourth-order valence-electron chi connectivity index (χ4n) is 4.75. The number of benzene rings is 3. The molecule has 5 aromatic rings. The summed E-state index contributed by atoms with van der Waals surface area (Å²) in [6, 6.07) is 25.4. The molecule has 4 nitrogen and oxygen atoms in total. The van der Waals surface area contributed by atoms with Crippen molar-refractivity contribution in [2.24, 2.45) is 0 Å². The van der Waals surface area contributed by atoms with Crippen molar-refractivity contribution >= 4 is 33.5 Å². The lowest BCUT2D eigenvalue weighted by Gasteiger charge is -2.26. The molecule has 6 rings (SSSR count). The molecule has 0 spiro atoms. The zero-order chi connectivity index (χ0) is 21.5. The van der Waals surface area contributed by atoms with E-state index in [1.165, 1.54) is 10.8 Å². The Labute approximate surface area is 191 Å². The fraction of sp³-hybridized carbons (Fsp3) is 0.185. The molecule has 1 aliphatic heterocycles. The molecule has 1 fully saturated rings. The molecule has 0 aliphatic carbocycles. The van der Waals surface area contributed by atoms with Crippen LogP contribution in [0.5, 0.6) is 0 Å². The third kappa shape index (κ3) is 3.36. The molecule has 3 heterocycles. The Hall–Kier alpha value is -3.21. The van der Waals surface area contributed by atoms with Crippen LogP contribution < -0.4 is 5.32 Å². The maximum Gasteiger partial charge on any atom is 0.160 e. The van der Waals surface area contributed by atoms with Crippen molar-refractivity contribution in [2.75, 3.05) is 13.1 Å². The predicted octanol–water partition coefficient (Wildman–Crippen LogP) is 6.50. The second kappa shape index (κ2) is 8.05. The van der Waals surface area contributed by atoms with Crippen LogP contribution >= 0.6 is 11.6 Å². The van der Waals surface area contributed by atoms with E-state index in [-0.39, 0.29) is 0 Å². The molecule has 0 saturated carbocycles. The Bertz CT molecular complexity index is 1430. The van der Waals surface area contributed by atoms with Crippen LogP contribution in [0.3, 0.4) is 0 Å². The summed E-state index contributed by atoms with van der Waals surface area (Å²) < 4.78 is 2.31. The summed E-state index contributed by atoms with van der Waals surface area (Å²) in [7, 11) is 0. The number of imidazole rings is 1. The summed E-state index contributed by atoms with van der Waals surface area (Å²) >= 11 is 6.59. The summed E-state index contributed by atoms with van der Waals surface area (Å²) in [4.78, 5) is 9.99. The average molecular weight is 439 g/mol. The highest BCUT2D eigenvalue weighted by Gasteiger charge is 2.24. The number of rotatable bonds is 3. The lowest BCUT2D eigenvalue weighted by atomic mass is 10.0. The molecule has 1 aliphatic rings. The van der Waals surface area contributed by atoms with Crippen LogP contribution in [0.15, 0.2) is 79.0 Å². The highest BCUT2D eigenvalue weighted by Crippen LogP contribution is 2.35. The Morgan fingerprint density at radius 3 is 2.47 bits per heavy atom. The van der Waals surface area contributed by atoms with Crippen molar-refractivity contribution < 1.29 is 0 Å². The molecule has 32 heavy (non-hydrogen) atoms. The van der Waals surface area contributed by atoms with Crippen molar-refractivity contribution in [3.63, 3.8) is 0 Å². The van der Waals surface area contributed by atoms with Crippen LogP contribution in [0.1, 0.15) is 18.9 Å². The van der Waals surface area contributed by atoms with Gasteiger partial charge in [0.1, 0.15) is 11.3 Å². The molecule has 0 amide bonds. The van der Waals surface area contributed by atoms with E-state index in [9.17, 15) is 0 Å². The summed E-state index contributed by atoms with van der Waals surface area (Å²) in [5, 5.41) is 6.64.